The lowest BCUT2D eigenvalue weighted by atomic mass is 10.1. The van der Waals surface area contributed by atoms with Crippen molar-refractivity contribution in [3.05, 3.63) is 36.3 Å². The van der Waals surface area contributed by atoms with Crippen LogP contribution < -0.4 is 0 Å². The van der Waals surface area contributed by atoms with Crippen molar-refractivity contribution in [3.8, 4) is 0 Å². The van der Waals surface area contributed by atoms with E-state index in [0.29, 0.717) is 6.04 Å². The standard InChI is InChI=1S/C12H13FN2/c1-14-7-11(8-14)15-5-4-9-6-10(13)2-3-12(9)15/h2-6,11H,7-8H2,1H3. The van der Waals surface area contributed by atoms with Gasteiger partial charge in [-0.1, -0.05) is 0 Å². The molecule has 1 fully saturated rings. The van der Waals surface area contributed by atoms with Crippen molar-refractivity contribution in [1.82, 2.24) is 9.47 Å². The van der Waals surface area contributed by atoms with Crippen LogP contribution in [0.25, 0.3) is 10.9 Å². The third kappa shape index (κ3) is 1.35. The fraction of sp³-hybridized carbons (Fsp3) is 0.333. The van der Waals surface area contributed by atoms with Gasteiger partial charge in [0, 0.05) is 30.2 Å². The van der Waals surface area contributed by atoms with Crippen molar-refractivity contribution < 1.29 is 4.39 Å². The Kier molecular flexibility index (Phi) is 1.83. The number of fused-ring (bicyclic) bond motifs is 1. The Bertz CT molecular complexity index is 497. The average molecular weight is 204 g/mol. The summed E-state index contributed by atoms with van der Waals surface area (Å²) in [4.78, 5) is 2.28. The minimum atomic E-state index is -0.161. The van der Waals surface area contributed by atoms with E-state index >= 15 is 0 Å². The zero-order chi connectivity index (χ0) is 10.4. The maximum atomic E-state index is 13.0. The minimum Gasteiger partial charge on any atom is -0.342 e. The van der Waals surface area contributed by atoms with E-state index in [2.05, 4.69) is 22.7 Å². The zero-order valence-electron chi connectivity index (χ0n) is 8.65. The monoisotopic (exact) mass is 204 g/mol. The average Bonchev–Trinajstić information content (AvgIpc) is 2.55. The van der Waals surface area contributed by atoms with Crippen LogP contribution in [-0.4, -0.2) is 29.6 Å². The van der Waals surface area contributed by atoms with Gasteiger partial charge in [-0.3, -0.25) is 0 Å². The van der Waals surface area contributed by atoms with Crippen molar-refractivity contribution in [2.45, 2.75) is 6.04 Å². The van der Waals surface area contributed by atoms with Gasteiger partial charge in [0.05, 0.1) is 6.04 Å². The molecule has 0 aliphatic carbocycles. The smallest absolute Gasteiger partial charge is 0.123 e. The van der Waals surface area contributed by atoms with Gasteiger partial charge in [-0.25, -0.2) is 4.39 Å². The summed E-state index contributed by atoms with van der Waals surface area (Å²) in [5.41, 5.74) is 1.13. The van der Waals surface area contributed by atoms with E-state index in [1.807, 2.05) is 12.1 Å². The van der Waals surface area contributed by atoms with Gasteiger partial charge < -0.3 is 9.47 Å². The summed E-state index contributed by atoms with van der Waals surface area (Å²) in [5.74, 6) is -0.161. The van der Waals surface area contributed by atoms with Crippen LogP contribution in [0.15, 0.2) is 30.5 Å². The van der Waals surface area contributed by atoms with Crippen LogP contribution in [0.1, 0.15) is 6.04 Å². The van der Waals surface area contributed by atoms with Crippen molar-refractivity contribution in [3.63, 3.8) is 0 Å². The SMILES string of the molecule is CN1CC(n2ccc3cc(F)ccc32)C1. The summed E-state index contributed by atoms with van der Waals surface area (Å²) >= 11 is 0. The van der Waals surface area contributed by atoms with E-state index < -0.39 is 0 Å². The number of hydrogen-bond donors (Lipinski definition) is 0. The molecule has 1 aliphatic heterocycles. The molecule has 3 heteroatoms. The van der Waals surface area contributed by atoms with Crippen LogP contribution in [0.4, 0.5) is 4.39 Å². The fourth-order valence-electron chi connectivity index (χ4n) is 2.30. The molecule has 0 N–H and O–H groups in total. The van der Waals surface area contributed by atoms with E-state index in [0.717, 1.165) is 24.0 Å². The molecule has 0 radical (unpaired) electrons. The zero-order valence-corrected chi connectivity index (χ0v) is 8.65. The summed E-state index contributed by atoms with van der Waals surface area (Å²) < 4.78 is 15.2. The first-order valence-electron chi connectivity index (χ1n) is 5.19. The Hall–Kier alpha value is -1.35. The van der Waals surface area contributed by atoms with Gasteiger partial charge in [-0.15, -0.1) is 0 Å². The highest BCUT2D eigenvalue weighted by Crippen LogP contribution is 2.26. The van der Waals surface area contributed by atoms with E-state index in [4.69, 9.17) is 0 Å². The van der Waals surface area contributed by atoms with Gasteiger partial charge in [-0.2, -0.15) is 0 Å². The predicted octanol–water partition coefficient (Wildman–Crippen LogP) is 2.27. The van der Waals surface area contributed by atoms with Gasteiger partial charge in [0.25, 0.3) is 0 Å². The molecule has 2 nitrogen and oxygen atoms in total. The molecule has 0 spiro atoms. The Labute approximate surface area is 87.9 Å². The Morgan fingerprint density at radius 1 is 1.27 bits per heavy atom. The van der Waals surface area contributed by atoms with Gasteiger partial charge >= 0.3 is 0 Å². The molecule has 0 unspecified atom stereocenters. The van der Waals surface area contributed by atoms with Gasteiger partial charge in [0.15, 0.2) is 0 Å². The third-order valence-corrected chi connectivity index (χ3v) is 3.12. The quantitative estimate of drug-likeness (QED) is 0.691. The van der Waals surface area contributed by atoms with Crippen LogP contribution in [-0.2, 0) is 0 Å². The Balaban J connectivity index is 2.05. The van der Waals surface area contributed by atoms with Crippen molar-refractivity contribution in [2.75, 3.05) is 20.1 Å². The molecule has 0 saturated carbocycles. The first kappa shape index (κ1) is 8.92. The molecule has 0 bridgehead atoms. The normalized spacial score (nSPS) is 18.3. The highest BCUT2D eigenvalue weighted by atomic mass is 19.1. The second-order valence-electron chi connectivity index (χ2n) is 4.30. The molecule has 1 saturated heterocycles. The lowest BCUT2D eigenvalue weighted by Gasteiger charge is -2.37. The Morgan fingerprint density at radius 2 is 2.07 bits per heavy atom. The number of halogens is 1. The van der Waals surface area contributed by atoms with Gasteiger partial charge in [0.2, 0.25) is 0 Å². The van der Waals surface area contributed by atoms with Gasteiger partial charge in [-0.05, 0) is 31.3 Å². The molecule has 0 atom stereocenters. The number of likely N-dealkylation sites (N-methyl/N-ethyl adjacent to an activating group) is 1. The molecule has 78 valence electrons. The second kappa shape index (κ2) is 3.07. The largest absolute Gasteiger partial charge is 0.342 e. The molecule has 2 heterocycles. The first-order chi connectivity index (χ1) is 7.24. The number of nitrogens with zero attached hydrogens (tertiary/aromatic N) is 2. The lowest BCUT2D eigenvalue weighted by molar-refractivity contribution is 0.144. The predicted molar refractivity (Wildman–Crippen MR) is 58.4 cm³/mol. The highest BCUT2D eigenvalue weighted by molar-refractivity contribution is 5.80. The molecular formula is C12H13FN2. The molecule has 1 aliphatic rings. The van der Waals surface area contributed by atoms with E-state index in [1.165, 1.54) is 6.07 Å². The Morgan fingerprint density at radius 3 is 2.80 bits per heavy atom. The highest BCUT2D eigenvalue weighted by Gasteiger charge is 2.25. The summed E-state index contributed by atoms with van der Waals surface area (Å²) in [6, 6.07) is 7.52. The minimum absolute atomic E-state index is 0.161. The molecule has 0 amide bonds. The van der Waals surface area contributed by atoms with Crippen LogP contribution >= 0.6 is 0 Å². The van der Waals surface area contributed by atoms with Crippen LogP contribution in [0.3, 0.4) is 0 Å². The van der Waals surface area contributed by atoms with Crippen LogP contribution in [0.5, 0.6) is 0 Å². The molecule has 1 aromatic carbocycles. The number of aromatic nitrogens is 1. The first-order valence-corrected chi connectivity index (χ1v) is 5.19. The second-order valence-corrected chi connectivity index (χ2v) is 4.30. The summed E-state index contributed by atoms with van der Waals surface area (Å²) in [7, 11) is 2.11. The summed E-state index contributed by atoms with van der Waals surface area (Å²) in [6.07, 6.45) is 2.06. The number of hydrogen-bond acceptors (Lipinski definition) is 1. The number of likely N-dealkylation sites (tertiary alicyclic amines) is 1. The fourth-order valence-corrected chi connectivity index (χ4v) is 2.30. The topological polar surface area (TPSA) is 8.17 Å². The van der Waals surface area contributed by atoms with Gasteiger partial charge in [0.1, 0.15) is 5.82 Å². The van der Waals surface area contributed by atoms with E-state index in [1.54, 1.807) is 6.07 Å². The third-order valence-electron chi connectivity index (χ3n) is 3.12. The summed E-state index contributed by atoms with van der Waals surface area (Å²) in [5, 5.41) is 0.990. The van der Waals surface area contributed by atoms with Crippen LogP contribution in [0.2, 0.25) is 0 Å². The molecule has 3 rings (SSSR count). The maximum absolute atomic E-state index is 13.0. The number of rotatable bonds is 1. The van der Waals surface area contributed by atoms with Crippen LogP contribution in [0, 0.1) is 5.82 Å². The van der Waals surface area contributed by atoms with Crippen molar-refractivity contribution in [2.24, 2.45) is 0 Å². The van der Waals surface area contributed by atoms with Crippen molar-refractivity contribution in [1.29, 1.82) is 0 Å². The summed E-state index contributed by atoms with van der Waals surface area (Å²) in [6.45, 7) is 2.17. The van der Waals surface area contributed by atoms with E-state index in [-0.39, 0.29) is 5.82 Å². The lowest BCUT2D eigenvalue weighted by Crippen LogP contribution is -2.44. The van der Waals surface area contributed by atoms with E-state index in [9.17, 15) is 4.39 Å². The molecule has 1 aromatic heterocycles. The maximum Gasteiger partial charge on any atom is 0.123 e. The molecule has 15 heavy (non-hydrogen) atoms. The molecular weight excluding hydrogens is 191 g/mol. The van der Waals surface area contributed by atoms with Crippen molar-refractivity contribution >= 4 is 10.9 Å². The molecule has 2 aromatic rings. The number of benzene rings is 1.